The van der Waals surface area contributed by atoms with Gasteiger partial charge in [0.15, 0.2) is 12.7 Å². The summed E-state index contributed by atoms with van der Waals surface area (Å²) in [4.78, 5) is 36.3. The number of para-hydroxylation sites is 1. The van der Waals surface area contributed by atoms with Crippen molar-refractivity contribution < 1.29 is 23.9 Å². The van der Waals surface area contributed by atoms with Gasteiger partial charge in [0, 0.05) is 5.56 Å². The molecule has 6 nitrogen and oxygen atoms in total. The topological polar surface area (TPSA) is 81.7 Å². The highest BCUT2D eigenvalue weighted by molar-refractivity contribution is 6.01. The highest BCUT2D eigenvalue weighted by atomic mass is 16.5. The minimum Gasteiger partial charge on any atom is -0.484 e. The van der Waals surface area contributed by atoms with Crippen molar-refractivity contribution in [2.45, 2.75) is 33.8 Å². The van der Waals surface area contributed by atoms with Gasteiger partial charge in [0.05, 0.1) is 0 Å². The number of amides is 1. The molecular weight excluding hydrogens is 358 g/mol. The van der Waals surface area contributed by atoms with Crippen LogP contribution in [0.2, 0.25) is 0 Å². The third-order valence-corrected chi connectivity index (χ3v) is 4.33. The number of aryl methyl sites for hydroxylation is 3. The molecule has 0 saturated heterocycles. The van der Waals surface area contributed by atoms with E-state index in [-0.39, 0.29) is 18.9 Å². The molecule has 0 aliphatic carbocycles. The van der Waals surface area contributed by atoms with Crippen LogP contribution in [-0.4, -0.2) is 36.9 Å². The number of nitrogens with one attached hydrogen (secondary N) is 1. The smallest absolute Gasteiger partial charge is 0.326 e. The zero-order chi connectivity index (χ0) is 20.7. The predicted molar refractivity (Wildman–Crippen MR) is 105 cm³/mol. The first-order valence-corrected chi connectivity index (χ1v) is 9.04. The third kappa shape index (κ3) is 5.94. The zero-order valence-electron chi connectivity index (χ0n) is 16.6. The molecule has 0 heterocycles. The second kappa shape index (κ2) is 9.69. The maximum Gasteiger partial charge on any atom is 0.326 e. The largest absolute Gasteiger partial charge is 0.484 e. The maximum atomic E-state index is 12.6. The van der Waals surface area contributed by atoms with Crippen LogP contribution >= 0.6 is 0 Å². The summed E-state index contributed by atoms with van der Waals surface area (Å²) >= 11 is 0. The van der Waals surface area contributed by atoms with E-state index >= 15 is 0 Å². The average molecular weight is 383 g/mol. The standard InChI is InChI=1S/C22H25NO5/c1-14-10-16(3)19(11-15(14)2)22(26)17(4)28-21(25)12-23-20(24)13-27-18-8-6-5-7-9-18/h5-11,17H,12-13H2,1-4H3,(H,23,24). The molecule has 0 spiro atoms. The van der Waals surface area contributed by atoms with E-state index in [4.69, 9.17) is 9.47 Å². The number of Topliss-reactive ketones (excluding diaryl/α,β-unsaturated/α-hetero) is 1. The number of rotatable bonds is 8. The molecule has 28 heavy (non-hydrogen) atoms. The summed E-state index contributed by atoms with van der Waals surface area (Å²) in [5, 5.41) is 2.41. The first-order valence-electron chi connectivity index (χ1n) is 9.04. The summed E-state index contributed by atoms with van der Waals surface area (Å²) in [5.41, 5.74) is 3.46. The number of hydrogen-bond donors (Lipinski definition) is 1. The average Bonchev–Trinajstić information content (AvgIpc) is 2.67. The Morgan fingerprint density at radius 1 is 0.964 bits per heavy atom. The summed E-state index contributed by atoms with van der Waals surface area (Å²) in [6.07, 6.45) is -0.939. The summed E-state index contributed by atoms with van der Waals surface area (Å²) in [6, 6.07) is 12.6. The molecular formula is C22H25NO5. The van der Waals surface area contributed by atoms with Gasteiger partial charge in [-0.1, -0.05) is 24.3 Å². The maximum absolute atomic E-state index is 12.6. The number of hydrogen-bond acceptors (Lipinski definition) is 5. The molecule has 2 aromatic carbocycles. The molecule has 0 bridgehead atoms. The molecule has 2 aromatic rings. The van der Waals surface area contributed by atoms with E-state index in [2.05, 4.69) is 5.32 Å². The normalized spacial score (nSPS) is 11.4. The number of carbonyl (C=O) groups is 3. The molecule has 0 aromatic heterocycles. The quantitative estimate of drug-likeness (QED) is 0.560. The van der Waals surface area contributed by atoms with Crippen molar-refractivity contribution in [3.8, 4) is 5.75 Å². The van der Waals surface area contributed by atoms with Crippen LogP contribution in [0.3, 0.4) is 0 Å². The van der Waals surface area contributed by atoms with Crippen LogP contribution < -0.4 is 10.1 Å². The minimum absolute atomic E-state index is 0.215. The number of ether oxygens (including phenoxy) is 2. The summed E-state index contributed by atoms with van der Waals surface area (Å²) < 4.78 is 10.5. The Morgan fingerprint density at radius 2 is 1.61 bits per heavy atom. The molecule has 1 amide bonds. The lowest BCUT2D eigenvalue weighted by Crippen LogP contribution is -2.36. The summed E-state index contributed by atoms with van der Waals surface area (Å²) in [6.45, 7) is 6.73. The molecule has 1 atom stereocenters. The number of ketones is 1. The van der Waals surface area contributed by atoms with Crippen molar-refractivity contribution in [2.75, 3.05) is 13.2 Å². The van der Waals surface area contributed by atoms with Gasteiger partial charge in [-0.3, -0.25) is 14.4 Å². The van der Waals surface area contributed by atoms with Gasteiger partial charge in [-0.15, -0.1) is 0 Å². The van der Waals surface area contributed by atoms with E-state index in [9.17, 15) is 14.4 Å². The van der Waals surface area contributed by atoms with Crippen LogP contribution in [0.15, 0.2) is 42.5 Å². The van der Waals surface area contributed by atoms with Crippen LogP contribution in [0.25, 0.3) is 0 Å². The fourth-order valence-electron chi connectivity index (χ4n) is 2.62. The fourth-order valence-corrected chi connectivity index (χ4v) is 2.62. The molecule has 1 unspecified atom stereocenters. The number of carbonyl (C=O) groups excluding carboxylic acids is 3. The first kappa shape index (κ1) is 21.2. The lowest BCUT2D eigenvalue weighted by atomic mass is 9.96. The minimum atomic E-state index is -0.939. The molecule has 6 heteroatoms. The Hall–Kier alpha value is -3.15. The molecule has 2 rings (SSSR count). The molecule has 0 fully saturated rings. The third-order valence-electron chi connectivity index (χ3n) is 4.33. The van der Waals surface area contributed by atoms with Gasteiger partial charge in [-0.2, -0.15) is 0 Å². The number of benzene rings is 2. The SMILES string of the molecule is Cc1cc(C)c(C(=O)C(C)OC(=O)CNC(=O)COc2ccccc2)cc1C. The van der Waals surface area contributed by atoms with Crippen molar-refractivity contribution in [3.05, 3.63) is 64.7 Å². The Kier molecular flexibility index (Phi) is 7.32. The van der Waals surface area contributed by atoms with Gasteiger partial charge in [0.25, 0.3) is 5.91 Å². The van der Waals surface area contributed by atoms with Gasteiger partial charge in [-0.05, 0) is 62.6 Å². The van der Waals surface area contributed by atoms with Gasteiger partial charge >= 0.3 is 5.97 Å². The number of esters is 1. The van der Waals surface area contributed by atoms with E-state index in [1.54, 1.807) is 30.3 Å². The van der Waals surface area contributed by atoms with Crippen molar-refractivity contribution >= 4 is 17.7 Å². The highest BCUT2D eigenvalue weighted by Crippen LogP contribution is 2.18. The Morgan fingerprint density at radius 3 is 2.29 bits per heavy atom. The molecule has 0 aliphatic heterocycles. The Balaban J connectivity index is 1.81. The first-order chi connectivity index (χ1) is 13.3. The monoisotopic (exact) mass is 383 g/mol. The fraction of sp³-hybridized carbons (Fsp3) is 0.318. The molecule has 148 valence electrons. The zero-order valence-corrected chi connectivity index (χ0v) is 16.6. The van der Waals surface area contributed by atoms with Gasteiger partial charge < -0.3 is 14.8 Å². The van der Waals surface area contributed by atoms with Crippen molar-refractivity contribution in [1.82, 2.24) is 5.32 Å². The lowest BCUT2D eigenvalue weighted by Gasteiger charge is -2.15. The van der Waals surface area contributed by atoms with Gasteiger partial charge in [0.2, 0.25) is 5.78 Å². The van der Waals surface area contributed by atoms with Gasteiger partial charge in [-0.25, -0.2) is 0 Å². The molecule has 0 radical (unpaired) electrons. The lowest BCUT2D eigenvalue weighted by molar-refractivity contribution is -0.146. The predicted octanol–water partition coefficient (Wildman–Crippen LogP) is 2.92. The van der Waals surface area contributed by atoms with Crippen LogP contribution in [0.5, 0.6) is 5.75 Å². The van der Waals surface area contributed by atoms with E-state index in [1.165, 1.54) is 6.92 Å². The Labute approximate surface area is 164 Å². The second-order valence-corrected chi connectivity index (χ2v) is 6.63. The molecule has 0 saturated carbocycles. The van der Waals surface area contributed by atoms with E-state index in [0.717, 1.165) is 16.7 Å². The molecule has 1 N–H and O–H groups in total. The van der Waals surface area contributed by atoms with Crippen LogP contribution in [0.1, 0.15) is 34.0 Å². The highest BCUT2D eigenvalue weighted by Gasteiger charge is 2.21. The van der Waals surface area contributed by atoms with Crippen LogP contribution in [0.4, 0.5) is 0 Å². The van der Waals surface area contributed by atoms with E-state index in [1.807, 2.05) is 32.9 Å². The van der Waals surface area contributed by atoms with Crippen molar-refractivity contribution in [1.29, 1.82) is 0 Å². The van der Waals surface area contributed by atoms with E-state index in [0.29, 0.717) is 11.3 Å². The van der Waals surface area contributed by atoms with Gasteiger partial charge in [0.1, 0.15) is 12.3 Å². The Bertz CT molecular complexity index is 861. The van der Waals surface area contributed by atoms with Crippen molar-refractivity contribution in [2.24, 2.45) is 0 Å². The van der Waals surface area contributed by atoms with E-state index < -0.39 is 18.0 Å². The summed E-state index contributed by atoms with van der Waals surface area (Å²) in [7, 11) is 0. The van der Waals surface area contributed by atoms with Crippen LogP contribution in [-0.2, 0) is 14.3 Å². The molecule has 0 aliphatic rings. The van der Waals surface area contributed by atoms with Crippen LogP contribution in [0, 0.1) is 20.8 Å². The summed E-state index contributed by atoms with van der Waals surface area (Å²) in [5.74, 6) is -0.851. The van der Waals surface area contributed by atoms with Crippen molar-refractivity contribution in [3.63, 3.8) is 0 Å². The second-order valence-electron chi connectivity index (χ2n) is 6.63.